The summed E-state index contributed by atoms with van der Waals surface area (Å²) < 4.78 is 8.74. The smallest absolute Gasteiger partial charge is 0.272 e. The Morgan fingerprint density at radius 2 is 1.86 bits per heavy atom. The van der Waals surface area contributed by atoms with Gasteiger partial charge in [-0.25, -0.2) is 4.68 Å². The lowest BCUT2D eigenvalue weighted by atomic mass is 10.1. The number of carbonyl (C=O) groups is 2. The van der Waals surface area contributed by atoms with E-state index in [1.165, 1.54) is 4.68 Å². The molecule has 0 aliphatic rings. The number of nitrogens with zero attached hydrogens (tertiary/aromatic N) is 3. The van der Waals surface area contributed by atoms with E-state index in [-0.39, 0.29) is 36.9 Å². The summed E-state index contributed by atoms with van der Waals surface area (Å²) in [6.07, 6.45) is 3.31. The summed E-state index contributed by atoms with van der Waals surface area (Å²) in [5.41, 5.74) is 6.49. The number of pyridine rings is 1. The molecule has 0 radical (unpaired) electrons. The van der Waals surface area contributed by atoms with Crippen LogP contribution in [0.5, 0.6) is 5.75 Å². The molecule has 3 aromatic rings. The predicted octanol–water partition coefficient (Wildman–Crippen LogP) is 1.97. The van der Waals surface area contributed by atoms with Crippen LogP contribution >= 0.6 is 11.6 Å². The van der Waals surface area contributed by atoms with Crippen molar-refractivity contribution in [3.63, 3.8) is 0 Å². The van der Waals surface area contributed by atoms with Gasteiger partial charge in [0.2, 0.25) is 5.91 Å². The quantitative estimate of drug-likeness (QED) is 0.360. The maximum atomic E-state index is 13.0. The van der Waals surface area contributed by atoms with Crippen LogP contribution in [0, 0.1) is 13.8 Å². The normalized spacial score (nSPS) is 10.7. The number of benzene rings is 1. The van der Waals surface area contributed by atoms with E-state index in [4.69, 9.17) is 16.3 Å². The van der Waals surface area contributed by atoms with Crippen molar-refractivity contribution < 1.29 is 14.3 Å². The summed E-state index contributed by atoms with van der Waals surface area (Å²) in [5.74, 6) is -0.129. The van der Waals surface area contributed by atoms with Crippen LogP contribution in [0.3, 0.4) is 0 Å². The van der Waals surface area contributed by atoms with Crippen LogP contribution in [0.25, 0.3) is 0 Å². The highest BCUT2D eigenvalue weighted by atomic mass is 35.5. The zero-order chi connectivity index (χ0) is 26.2. The number of carbonyl (C=O) groups excluding carboxylic acids is 2. The van der Waals surface area contributed by atoms with E-state index in [1.807, 2.05) is 20.9 Å². The van der Waals surface area contributed by atoms with Gasteiger partial charge in [0.05, 0.1) is 19.2 Å². The molecular weight excluding hydrogens is 484 g/mol. The minimum Gasteiger partial charge on any atom is -0.483 e. The first-order valence-corrected chi connectivity index (χ1v) is 11.9. The predicted molar refractivity (Wildman–Crippen MR) is 138 cm³/mol. The molecule has 0 atom stereocenters. The van der Waals surface area contributed by atoms with Crippen molar-refractivity contribution in [3.8, 4) is 5.75 Å². The van der Waals surface area contributed by atoms with Gasteiger partial charge in [-0.2, -0.15) is 5.10 Å². The number of likely N-dealkylation sites (N-methyl/N-ethyl adjacent to an activating group) is 1. The molecule has 1 aromatic carbocycles. The third-order valence-electron chi connectivity index (χ3n) is 5.77. The Labute approximate surface area is 214 Å². The summed E-state index contributed by atoms with van der Waals surface area (Å²) in [6.45, 7) is 6.47. The van der Waals surface area contributed by atoms with Crippen molar-refractivity contribution in [2.24, 2.45) is 7.05 Å². The minimum atomic E-state index is -0.328. The molecule has 10 nitrogen and oxygen atoms in total. The van der Waals surface area contributed by atoms with E-state index < -0.39 is 0 Å². The average Bonchev–Trinajstić information content (AvgIpc) is 3.16. The first kappa shape index (κ1) is 26.8. The van der Waals surface area contributed by atoms with E-state index >= 15 is 0 Å². The van der Waals surface area contributed by atoms with Crippen LogP contribution in [-0.4, -0.2) is 39.4 Å². The Morgan fingerprint density at radius 3 is 2.56 bits per heavy atom. The second-order valence-electron chi connectivity index (χ2n) is 8.31. The molecule has 192 valence electrons. The fourth-order valence-corrected chi connectivity index (χ4v) is 3.73. The Hall–Kier alpha value is -3.79. The highest BCUT2D eigenvalue weighted by molar-refractivity contribution is 6.30. The van der Waals surface area contributed by atoms with Gasteiger partial charge in [-0.15, -0.1) is 0 Å². The molecular formula is C25H31ClN6O4. The first-order valence-electron chi connectivity index (χ1n) is 11.6. The van der Waals surface area contributed by atoms with E-state index in [2.05, 4.69) is 21.2 Å². The molecule has 0 fully saturated rings. The van der Waals surface area contributed by atoms with Crippen molar-refractivity contribution in [1.82, 2.24) is 25.1 Å². The third kappa shape index (κ3) is 6.88. The lowest BCUT2D eigenvalue weighted by molar-refractivity contribution is -0.123. The fourth-order valence-electron chi connectivity index (χ4n) is 3.53. The Kier molecular flexibility index (Phi) is 9.13. The van der Waals surface area contributed by atoms with Crippen LogP contribution < -0.4 is 26.4 Å². The number of aromatic nitrogens is 3. The van der Waals surface area contributed by atoms with Crippen molar-refractivity contribution in [3.05, 3.63) is 80.0 Å². The second-order valence-corrected chi connectivity index (χ2v) is 8.75. The van der Waals surface area contributed by atoms with E-state index in [0.29, 0.717) is 35.0 Å². The molecule has 0 saturated heterocycles. The van der Waals surface area contributed by atoms with Gasteiger partial charge in [0.15, 0.2) is 6.61 Å². The number of hydrogen-bond donors (Lipinski definition) is 3. The van der Waals surface area contributed by atoms with Crippen LogP contribution in [0.15, 0.2) is 41.5 Å². The summed E-state index contributed by atoms with van der Waals surface area (Å²) >= 11 is 6.11. The van der Waals surface area contributed by atoms with Crippen LogP contribution in [0.1, 0.15) is 34.9 Å². The molecule has 0 aliphatic heterocycles. The number of amides is 2. The van der Waals surface area contributed by atoms with Gasteiger partial charge in [-0.05, 0) is 50.6 Å². The topological polar surface area (TPSA) is 119 Å². The summed E-state index contributed by atoms with van der Waals surface area (Å²) in [6, 6.07) is 6.76. The van der Waals surface area contributed by atoms with Gasteiger partial charge < -0.3 is 20.8 Å². The zero-order valence-corrected chi connectivity index (χ0v) is 21.6. The second kappa shape index (κ2) is 12.3. The maximum absolute atomic E-state index is 13.0. The molecule has 2 heterocycles. The standard InChI is InChI=1S/C25H31ClN6O4/c1-5-27-24(34)15-36-22-7-6-20(26)10-18(22)12-28-23(33)11-21-16(2)8-9-32(25(21)35)30-14-19-13-29-31(4)17(19)3/h6-10,13,30H,5,11-12,14-15H2,1-4H3,(H,27,34)(H,28,33). The highest BCUT2D eigenvalue weighted by Gasteiger charge is 2.14. The van der Waals surface area contributed by atoms with Gasteiger partial charge in [-0.3, -0.25) is 19.1 Å². The monoisotopic (exact) mass is 514 g/mol. The van der Waals surface area contributed by atoms with Crippen LogP contribution in [0.2, 0.25) is 5.02 Å². The lowest BCUT2D eigenvalue weighted by Crippen LogP contribution is -2.34. The number of nitrogens with one attached hydrogen (secondary N) is 3. The molecule has 2 aromatic heterocycles. The Morgan fingerprint density at radius 1 is 1.08 bits per heavy atom. The van der Waals surface area contributed by atoms with Gasteiger partial charge in [0.25, 0.3) is 11.5 Å². The first-order chi connectivity index (χ1) is 17.2. The molecule has 2 amide bonds. The lowest BCUT2D eigenvalue weighted by Gasteiger charge is -2.14. The van der Waals surface area contributed by atoms with E-state index in [0.717, 1.165) is 16.8 Å². The molecule has 11 heteroatoms. The Bertz CT molecular complexity index is 1300. The Balaban J connectivity index is 1.65. The molecule has 0 spiro atoms. The SMILES string of the molecule is CCNC(=O)COc1ccc(Cl)cc1CNC(=O)Cc1c(C)ccn(NCc2cnn(C)c2C)c1=O. The number of ether oxygens (including phenoxy) is 1. The number of aryl methyl sites for hydroxylation is 2. The molecule has 3 rings (SSSR count). The summed E-state index contributed by atoms with van der Waals surface area (Å²) in [5, 5.41) is 10.2. The molecule has 0 unspecified atom stereocenters. The van der Waals surface area contributed by atoms with E-state index in [9.17, 15) is 14.4 Å². The molecule has 36 heavy (non-hydrogen) atoms. The highest BCUT2D eigenvalue weighted by Crippen LogP contribution is 2.23. The van der Waals surface area contributed by atoms with Gasteiger partial charge in [0.1, 0.15) is 5.75 Å². The average molecular weight is 515 g/mol. The number of halogens is 1. The fraction of sp³-hybridized carbons (Fsp3) is 0.360. The van der Waals surface area contributed by atoms with Crippen molar-refractivity contribution in [2.75, 3.05) is 18.6 Å². The molecule has 0 aliphatic carbocycles. The third-order valence-corrected chi connectivity index (χ3v) is 6.01. The van der Waals surface area contributed by atoms with Gasteiger partial charge in [-0.1, -0.05) is 11.6 Å². The molecule has 0 saturated carbocycles. The largest absolute Gasteiger partial charge is 0.483 e. The zero-order valence-electron chi connectivity index (χ0n) is 20.9. The van der Waals surface area contributed by atoms with Crippen molar-refractivity contribution >= 4 is 23.4 Å². The van der Waals surface area contributed by atoms with Crippen molar-refractivity contribution in [2.45, 2.75) is 40.3 Å². The number of hydrogen-bond acceptors (Lipinski definition) is 6. The summed E-state index contributed by atoms with van der Waals surface area (Å²) in [7, 11) is 1.86. The molecule has 0 bridgehead atoms. The maximum Gasteiger partial charge on any atom is 0.272 e. The van der Waals surface area contributed by atoms with Crippen molar-refractivity contribution in [1.29, 1.82) is 0 Å². The van der Waals surface area contributed by atoms with E-state index in [1.54, 1.807) is 48.3 Å². The number of rotatable bonds is 11. The summed E-state index contributed by atoms with van der Waals surface area (Å²) in [4.78, 5) is 37.5. The van der Waals surface area contributed by atoms with Gasteiger partial charge >= 0.3 is 0 Å². The van der Waals surface area contributed by atoms with Crippen LogP contribution in [0.4, 0.5) is 0 Å². The van der Waals surface area contributed by atoms with Gasteiger partial charge in [0, 0.05) is 53.7 Å². The molecule has 3 N–H and O–H groups in total. The minimum absolute atomic E-state index is 0.0885. The van der Waals surface area contributed by atoms with Crippen LogP contribution in [-0.2, 0) is 36.1 Å².